The minimum absolute atomic E-state index is 0.389. The van der Waals surface area contributed by atoms with E-state index in [0.717, 1.165) is 23.7 Å². The van der Waals surface area contributed by atoms with Crippen molar-refractivity contribution < 1.29 is 9.90 Å². The number of hydrogen-bond donors (Lipinski definition) is 2. The molecule has 0 unspecified atom stereocenters. The Morgan fingerprint density at radius 2 is 2.06 bits per heavy atom. The zero-order chi connectivity index (χ0) is 12.0. The van der Waals surface area contributed by atoms with Crippen LogP contribution < -0.4 is 0 Å². The number of carbonyl (C=O) groups is 1. The van der Waals surface area contributed by atoms with Gasteiger partial charge in [-0.3, -0.25) is 0 Å². The number of carboxylic acid groups (broad SMARTS) is 1. The lowest BCUT2D eigenvalue weighted by molar-refractivity contribution is 0.0699. The van der Waals surface area contributed by atoms with Gasteiger partial charge in [0.05, 0.1) is 11.1 Å². The van der Waals surface area contributed by atoms with Crippen molar-refractivity contribution in [1.82, 2.24) is 4.98 Å². The Bertz CT molecular complexity index is 610. The number of nitrogens with one attached hydrogen (secondary N) is 1. The monoisotopic (exact) mass is 229 g/mol. The topological polar surface area (TPSA) is 53.1 Å². The highest BCUT2D eigenvalue weighted by Crippen LogP contribution is 2.32. The molecule has 0 bridgehead atoms. The number of H-pyrrole nitrogens is 1. The van der Waals surface area contributed by atoms with E-state index < -0.39 is 5.97 Å². The van der Waals surface area contributed by atoms with Gasteiger partial charge < -0.3 is 10.1 Å². The van der Waals surface area contributed by atoms with Crippen molar-refractivity contribution in [3.63, 3.8) is 0 Å². The molecule has 1 heterocycles. The first-order valence-corrected chi connectivity index (χ1v) is 6.05. The van der Waals surface area contributed by atoms with E-state index in [1.165, 1.54) is 29.7 Å². The van der Waals surface area contributed by atoms with E-state index in [4.69, 9.17) is 0 Å². The molecule has 88 valence electrons. The van der Waals surface area contributed by atoms with Gasteiger partial charge in [0.15, 0.2) is 0 Å². The first-order chi connectivity index (χ1) is 8.18. The van der Waals surface area contributed by atoms with Crippen LogP contribution in [0.5, 0.6) is 0 Å². The number of carboxylic acids is 1. The summed E-state index contributed by atoms with van der Waals surface area (Å²) in [4.78, 5) is 14.5. The maximum absolute atomic E-state index is 11.2. The number of aromatic amines is 1. The van der Waals surface area contributed by atoms with Gasteiger partial charge >= 0.3 is 5.97 Å². The zero-order valence-corrected chi connectivity index (χ0v) is 9.84. The van der Waals surface area contributed by atoms with Gasteiger partial charge in [0.25, 0.3) is 0 Å². The first kappa shape index (κ1) is 10.4. The maximum atomic E-state index is 11.2. The smallest absolute Gasteiger partial charge is 0.337 e. The molecule has 2 N–H and O–H groups in total. The summed E-state index contributed by atoms with van der Waals surface area (Å²) in [6.07, 6.45) is 4.51. The second-order valence-corrected chi connectivity index (χ2v) is 4.77. The fourth-order valence-electron chi connectivity index (χ4n) is 2.87. The highest BCUT2D eigenvalue weighted by atomic mass is 16.4. The van der Waals surface area contributed by atoms with E-state index in [1.54, 1.807) is 6.07 Å². The Balaban J connectivity index is 2.39. The van der Waals surface area contributed by atoms with E-state index in [1.807, 2.05) is 6.07 Å². The van der Waals surface area contributed by atoms with Gasteiger partial charge in [-0.1, -0.05) is 6.07 Å². The summed E-state index contributed by atoms with van der Waals surface area (Å²) in [5, 5.41) is 10.4. The number of aromatic carboxylic acids is 1. The number of aryl methyl sites for hydroxylation is 3. The highest BCUT2D eigenvalue weighted by Gasteiger charge is 2.20. The molecule has 17 heavy (non-hydrogen) atoms. The highest BCUT2D eigenvalue weighted by molar-refractivity contribution is 6.04. The standard InChI is InChI=1S/C14H15NO2/c1-8-6-7-10(14(16)17)13-12(8)9-4-2-3-5-11(9)15-13/h6-7,15H,2-5H2,1H3,(H,16,17). The summed E-state index contributed by atoms with van der Waals surface area (Å²) in [7, 11) is 0. The van der Waals surface area contributed by atoms with Crippen molar-refractivity contribution in [2.45, 2.75) is 32.6 Å². The van der Waals surface area contributed by atoms with Crippen LogP contribution in [0.3, 0.4) is 0 Å². The SMILES string of the molecule is Cc1ccc(C(=O)O)c2[nH]c3c(c12)CCCC3. The molecule has 1 aliphatic rings. The molecule has 1 aromatic heterocycles. The lowest BCUT2D eigenvalue weighted by Gasteiger charge is -2.11. The summed E-state index contributed by atoms with van der Waals surface area (Å²) in [5.74, 6) is -0.853. The Labute approximate surface area is 99.5 Å². The molecule has 0 fully saturated rings. The molecule has 0 saturated carbocycles. The van der Waals surface area contributed by atoms with Gasteiger partial charge in [-0.2, -0.15) is 0 Å². The lowest BCUT2D eigenvalue weighted by Crippen LogP contribution is -2.00. The molecule has 2 aromatic rings. The molecule has 1 aromatic carbocycles. The number of aromatic nitrogens is 1. The van der Waals surface area contributed by atoms with Crippen LogP contribution in [0.25, 0.3) is 10.9 Å². The molecule has 0 aliphatic heterocycles. The molecule has 1 aliphatic carbocycles. The van der Waals surface area contributed by atoms with Crippen LogP contribution in [-0.2, 0) is 12.8 Å². The summed E-state index contributed by atoms with van der Waals surface area (Å²) in [6.45, 7) is 2.05. The minimum Gasteiger partial charge on any atom is -0.478 e. The Hall–Kier alpha value is -1.77. The van der Waals surface area contributed by atoms with Crippen molar-refractivity contribution in [2.24, 2.45) is 0 Å². The van der Waals surface area contributed by atoms with E-state index in [0.29, 0.717) is 5.56 Å². The first-order valence-electron chi connectivity index (χ1n) is 6.05. The summed E-state index contributed by atoms with van der Waals surface area (Å²) in [6, 6.07) is 3.61. The fourth-order valence-corrected chi connectivity index (χ4v) is 2.87. The third-order valence-corrected chi connectivity index (χ3v) is 3.69. The van der Waals surface area contributed by atoms with Crippen LogP contribution >= 0.6 is 0 Å². The van der Waals surface area contributed by atoms with E-state index >= 15 is 0 Å². The fraction of sp³-hybridized carbons (Fsp3) is 0.357. The second-order valence-electron chi connectivity index (χ2n) is 4.77. The molecule has 0 spiro atoms. The van der Waals surface area contributed by atoms with Crippen molar-refractivity contribution in [2.75, 3.05) is 0 Å². The minimum atomic E-state index is -0.853. The second kappa shape index (κ2) is 3.62. The largest absolute Gasteiger partial charge is 0.478 e. The molecular weight excluding hydrogens is 214 g/mol. The van der Waals surface area contributed by atoms with Crippen LogP contribution in [0, 0.1) is 6.92 Å². The van der Waals surface area contributed by atoms with Gasteiger partial charge in [-0.05, 0) is 49.8 Å². The van der Waals surface area contributed by atoms with Gasteiger partial charge in [0, 0.05) is 11.1 Å². The number of hydrogen-bond acceptors (Lipinski definition) is 1. The third-order valence-electron chi connectivity index (χ3n) is 3.69. The van der Waals surface area contributed by atoms with Gasteiger partial charge in [-0.25, -0.2) is 4.79 Å². The predicted octanol–water partition coefficient (Wildman–Crippen LogP) is 3.05. The number of fused-ring (bicyclic) bond motifs is 3. The van der Waals surface area contributed by atoms with Gasteiger partial charge in [0.1, 0.15) is 0 Å². The summed E-state index contributed by atoms with van der Waals surface area (Å²) >= 11 is 0. The van der Waals surface area contributed by atoms with Crippen molar-refractivity contribution >= 4 is 16.9 Å². The molecule has 0 amide bonds. The Morgan fingerprint density at radius 1 is 1.29 bits per heavy atom. The molecular formula is C14H15NO2. The molecule has 0 radical (unpaired) electrons. The van der Waals surface area contributed by atoms with Crippen LogP contribution in [0.1, 0.15) is 40.0 Å². The average Bonchev–Trinajstić information content (AvgIpc) is 2.68. The molecule has 0 atom stereocenters. The van der Waals surface area contributed by atoms with Crippen molar-refractivity contribution in [1.29, 1.82) is 0 Å². The zero-order valence-electron chi connectivity index (χ0n) is 9.84. The lowest BCUT2D eigenvalue weighted by atomic mass is 9.93. The van der Waals surface area contributed by atoms with Crippen LogP contribution in [0.15, 0.2) is 12.1 Å². The normalized spacial score (nSPS) is 14.9. The van der Waals surface area contributed by atoms with Crippen LogP contribution in [0.4, 0.5) is 0 Å². The third kappa shape index (κ3) is 1.46. The van der Waals surface area contributed by atoms with Crippen molar-refractivity contribution in [3.8, 4) is 0 Å². The molecule has 3 rings (SSSR count). The van der Waals surface area contributed by atoms with E-state index in [9.17, 15) is 9.90 Å². The molecule has 3 nitrogen and oxygen atoms in total. The molecule has 0 saturated heterocycles. The number of rotatable bonds is 1. The molecule has 3 heteroatoms. The maximum Gasteiger partial charge on any atom is 0.337 e. The average molecular weight is 229 g/mol. The summed E-state index contributed by atoms with van der Waals surface area (Å²) in [5.41, 5.74) is 4.95. The number of benzene rings is 1. The van der Waals surface area contributed by atoms with Gasteiger partial charge in [-0.15, -0.1) is 0 Å². The Morgan fingerprint density at radius 3 is 2.82 bits per heavy atom. The van der Waals surface area contributed by atoms with Crippen LogP contribution in [-0.4, -0.2) is 16.1 Å². The Kier molecular flexibility index (Phi) is 2.21. The summed E-state index contributed by atoms with van der Waals surface area (Å²) < 4.78 is 0. The van der Waals surface area contributed by atoms with Gasteiger partial charge in [0.2, 0.25) is 0 Å². The van der Waals surface area contributed by atoms with Crippen molar-refractivity contribution in [3.05, 3.63) is 34.5 Å². The predicted molar refractivity (Wildman–Crippen MR) is 66.6 cm³/mol. The van der Waals surface area contributed by atoms with E-state index in [2.05, 4.69) is 11.9 Å². The van der Waals surface area contributed by atoms with E-state index in [-0.39, 0.29) is 0 Å². The quantitative estimate of drug-likeness (QED) is 0.789. The van der Waals surface area contributed by atoms with Crippen LogP contribution in [0.2, 0.25) is 0 Å².